The van der Waals surface area contributed by atoms with E-state index in [4.69, 9.17) is 14.3 Å². The van der Waals surface area contributed by atoms with E-state index in [0.29, 0.717) is 12.8 Å². The maximum atomic E-state index is 12.4. The molecule has 0 aromatic heterocycles. The van der Waals surface area contributed by atoms with Gasteiger partial charge in [-0.1, -0.05) is 48.5 Å². The van der Waals surface area contributed by atoms with Crippen molar-refractivity contribution in [2.24, 2.45) is 0 Å². The second kappa shape index (κ2) is 11.7. The quantitative estimate of drug-likeness (QED) is 0.332. The first-order chi connectivity index (χ1) is 16.7. The average molecular weight is 485 g/mol. The molecular weight excluding hydrogens is 452 g/mol. The van der Waals surface area contributed by atoms with Gasteiger partial charge in [0.05, 0.1) is 6.61 Å². The predicted octanol–water partition coefficient (Wildman–Crippen LogP) is 4.60. The van der Waals surface area contributed by atoms with Crippen molar-refractivity contribution in [3.05, 3.63) is 59.7 Å². The molecule has 0 unspecified atom stereocenters. The summed E-state index contributed by atoms with van der Waals surface area (Å²) in [6.45, 7) is 5.50. The summed E-state index contributed by atoms with van der Waals surface area (Å²) in [6.07, 6.45) is -0.349. The number of carbonyl (C=O) groups is 3. The SMILES string of the molecule is CC(C)(C)OC(=O)NOCCCC[C@H](NC(=O)OCC1c2ccccc2-c2ccccc21)C(=O)O. The number of fused-ring (bicyclic) bond motifs is 3. The van der Waals surface area contributed by atoms with Crippen molar-refractivity contribution < 1.29 is 33.8 Å². The standard InChI is InChI=1S/C26H32N2O7/c1-26(2,3)35-25(32)28-34-15-9-8-14-22(23(29)30)27-24(31)33-16-21-19-12-6-4-10-17(19)18-11-5-7-13-20(18)21/h4-7,10-13,21-22H,8-9,14-16H2,1-3H3,(H,27,31)(H,28,32)(H,29,30)/t22-/m0/s1. The Morgan fingerprint density at radius 2 is 1.54 bits per heavy atom. The Morgan fingerprint density at radius 3 is 2.11 bits per heavy atom. The van der Waals surface area contributed by atoms with Gasteiger partial charge in [0.1, 0.15) is 18.2 Å². The summed E-state index contributed by atoms with van der Waals surface area (Å²) in [5.41, 5.74) is 5.93. The van der Waals surface area contributed by atoms with Crippen molar-refractivity contribution >= 4 is 18.2 Å². The molecule has 0 radical (unpaired) electrons. The van der Waals surface area contributed by atoms with E-state index in [1.807, 2.05) is 48.5 Å². The highest BCUT2D eigenvalue weighted by Gasteiger charge is 2.29. The van der Waals surface area contributed by atoms with Gasteiger partial charge in [-0.05, 0) is 62.3 Å². The molecule has 3 N–H and O–H groups in total. The third-order valence-electron chi connectivity index (χ3n) is 5.48. The molecule has 0 fully saturated rings. The van der Waals surface area contributed by atoms with Crippen LogP contribution in [-0.4, -0.2) is 48.1 Å². The van der Waals surface area contributed by atoms with Crippen LogP contribution in [0.2, 0.25) is 0 Å². The van der Waals surface area contributed by atoms with Crippen LogP contribution in [0.1, 0.15) is 57.1 Å². The molecule has 0 heterocycles. The maximum absolute atomic E-state index is 12.4. The van der Waals surface area contributed by atoms with Gasteiger partial charge in [-0.15, -0.1) is 0 Å². The molecule has 1 aliphatic rings. The monoisotopic (exact) mass is 484 g/mol. The van der Waals surface area contributed by atoms with Gasteiger partial charge in [-0.25, -0.2) is 14.4 Å². The summed E-state index contributed by atoms with van der Waals surface area (Å²) in [5.74, 6) is -1.25. The number of rotatable bonds is 10. The molecule has 0 bridgehead atoms. The minimum Gasteiger partial charge on any atom is -0.480 e. The Labute approximate surface area is 204 Å². The second-order valence-corrected chi connectivity index (χ2v) is 9.31. The lowest BCUT2D eigenvalue weighted by Crippen LogP contribution is -2.41. The van der Waals surface area contributed by atoms with Crippen LogP contribution in [0.3, 0.4) is 0 Å². The van der Waals surface area contributed by atoms with Gasteiger partial charge >= 0.3 is 18.2 Å². The number of benzene rings is 2. The van der Waals surface area contributed by atoms with Gasteiger partial charge in [-0.3, -0.25) is 4.84 Å². The zero-order valence-electron chi connectivity index (χ0n) is 20.2. The Morgan fingerprint density at radius 1 is 0.943 bits per heavy atom. The van der Waals surface area contributed by atoms with Crippen LogP contribution >= 0.6 is 0 Å². The second-order valence-electron chi connectivity index (χ2n) is 9.31. The fourth-order valence-corrected chi connectivity index (χ4v) is 3.97. The number of amides is 2. The minimum absolute atomic E-state index is 0.106. The van der Waals surface area contributed by atoms with Crippen LogP contribution in [0.25, 0.3) is 11.1 Å². The number of hydrogen-bond acceptors (Lipinski definition) is 6. The van der Waals surface area contributed by atoms with E-state index in [-0.39, 0.29) is 25.6 Å². The van der Waals surface area contributed by atoms with E-state index in [9.17, 15) is 19.5 Å². The number of hydrogen-bond donors (Lipinski definition) is 3. The van der Waals surface area contributed by atoms with Crippen LogP contribution in [0.15, 0.2) is 48.5 Å². The Hall–Kier alpha value is -3.59. The van der Waals surface area contributed by atoms with E-state index in [1.165, 1.54) is 0 Å². The number of carbonyl (C=O) groups excluding carboxylic acids is 2. The molecule has 2 aromatic carbocycles. The third kappa shape index (κ3) is 7.45. The molecule has 0 saturated carbocycles. The van der Waals surface area contributed by atoms with Gasteiger partial charge in [0.2, 0.25) is 0 Å². The first-order valence-corrected chi connectivity index (χ1v) is 11.6. The van der Waals surface area contributed by atoms with Gasteiger partial charge in [0.15, 0.2) is 0 Å². The van der Waals surface area contributed by atoms with Crippen LogP contribution in [-0.2, 0) is 19.1 Å². The number of aliphatic carboxylic acids is 1. The lowest BCUT2D eigenvalue weighted by atomic mass is 9.98. The highest BCUT2D eigenvalue weighted by atomic mass is 16.7. The lowest BCUT2D eigenvalue weighted by molar-refractivity contribution is -0.139. The normalized spacial score (nSPS) is 13.3. The molecule has 1 aliphatic carbocycles. The summed E-state index contributed by atoms with van der Waals surface area (Å²) in [4.78, 5) is 40.5. The van der Waals surface area contributed by atoms with E-state index < -0.39 is 29.8 Å². The van der Waals surface area contributed by atoms with E-state index in [0.717, 1.165) is 22.3 Å². The largest absolute Gasteiger partial charge is 0.480 e. The number of unbranched alkanes of at least 4 members (excludes halogenated alkanes) is 1. The molecule has 0 spiro atoms. The van der Waals surface area contributed by atoms with Crippen LogP contribution in [0, 0.1) is 0 Å². The molecule has 9 heteroatoms. The zero-order valence-corrected chi connectivity index (χ0v) is 20.2. The first-order valence-electron chi connectivity index (χ1n) is 11.6. The Bertz CT molecular complexity index is 1000. The third-order valence-corrected chi connectivity index (χ3v) is 5.48. The average Bonchev–Trinajstić information content (AvgIpc) is 3.11. The van der Waals surface area contributed by atoms with Crippen molar-refractivity contribution in [3.63, 3.8) is 0 Å². The highest BCUT2D eigenvalue weighted by molar-refractivity contribution is 5.81. The number of ether oxygens (including phenoxy) is 2. The number of alkyl carbamates (subject to hydrolysis) is 1. The van der Waals surface area contributed by atoms with Crippen molar-refractivity contribution in [2.45, 2.75) is 57.6 Å². The fourth-order valence-electron chi connectivity index (χ4n) is 3.97. The summed E-state index contributed by atoms with van der Waals surface area (Å²) in [7, 11) is 0. The van der Waals surface area contributed by atoms with Gasteiger partial charge < -0.3 is 19.9 Å². The molecule has 2 aromatic rings. The Kier molecular flexibility index (Phi) is 8.70. The van der Waals surface area contributed by atoms with E-state index in [1.54, 1.807) is 20.8 Å². The fraction of sp³-hybridized carbons (Fsp3) is 0.423. The van der Waals surface area contributed by atoms with Crippen LogP contribution in [0.5, 0.6) is 0 Å². The predicted molar refractivity (Wildman–Crippen MR) is 129 cm³/mol. The lowest BCUT2D eigenvalue weighted by Gasteiger charge is -2.19. The summed E-state index contributed by atoms with van der Waals surface area (Å²) in [5, 5.41) is 11.9. The highest BCUT2D eigenvalue weighted by Crippen LogP contribution is 2.44. The van der Waals surface area contributed by atoms with Crippen molar-refractivity contribution in [2.75, 3.05) is 13.2 Å². The summed E-state index contributed by atoms with van der Waals surface area (Å²) >= 11 is 0. The van der Waals surface area contributed by atoms with Gasteiger partial charge in [-0.2, -0.15) is 5.48 Å². The topological polar surface area (TPSA) is 123 Å². The summed E-state index contributed by atoms with van der Waals surface area (Å²) in [6, 6.07) is 14.9. The number of carboxylic acids is 1. The van der Waals surface area contributed by atoms with E-state index in [2.05, 4.69) is 10.8 Å². The van der Waals surface area contributed by atoms with Crippen LogP contribution < -0.4 is 10.8 Å². The molecule has 35 heavy (non-hydrogen) atoms. The van der Waals surface area contributed by atoms with Gasteiger partial charge in [0, 0.05) is 5.92 Å². The van der Waals surface area contributed by atoms with Crippen molar-refractivity contribution in [1.82, 2.24) is 10.8 Å². The molecule has 188 valence electrons. The molecule has 3 rings (SSSR count). The molecule has 0 saturated heterocycles. The molecule has 0 aliphatic heterocycles. The smallest absolute Gasteiger partial charge is 0.431 e. The first kappa shape index (κ1) is 26.0. The van der Waals surface area contributed by atoms with Crippen molar-refractivity contribution in [3.8, 4) is 11.1 Å². The summed E-state index contributed by atoms with van der Waals surface area (Å²) < 4.78 is 10.5. The van der Waals surface area contributed by atoms with Crippen molar-refractivity contribution in [1.29, 1.82) is 0 Å². The van der Waals surface area contributed by atoms with Gasteiger partial charge in [0.25, 0.3) is 0 Å². The number of carboxylic acid groups (broad SMARTS) is 1. The Balaban J connectivity index is 1.42. The van der Waals surface area contributed by atoms with Crippen LogP contribution in [0.4, 0.5) is 9.59 Å². The van der Waals surface area contributed by atoms with E-state index >= 15 is 0 Å². The molecular formula is C26H32N2O7. The minimum atomic E-state index is -1.15. The molecule has 9 nitrogen and oxygen atoms in total. The number of nitrogens with one attached hydrogen (secondary N) is 2. The zero-order chi connectivity index (χ0) is 25.4. The molecule has 1 atom stereocenters. The number of hydroxylamine groups is 1. The molecule has 2 amide bonds. The maximum Gasteiger partial charge on any atom is 0.431 e.